The lowest BCUT2D eigenvalue weighted by molar-refractivity contribution is -0.118. The number of amides is 2. The molecule has 3 aromatic rings. The molecule has 7 heteroatoms. The molecule has 0 bridgehead atoms. The van der Waals surface area contributed by atoms with Crippen molar-refractivity contribution >= 4 is 34.9 Å². The molecule has 0 fully saturated rings. The van der Waals surface area contributed by atoms with Crippen molar-refractivity contribution in [3.63, 3.8) is 0 Å². The molecule has 0 aliphatic heterocycles. The zero-order valence-corrected chi connectivity index (χ0v) is 16.0. The van der Waals surface area contributed by atoms with Gasteiger partial charge in [-0.1, -0.05) is 54.1 Å². The summed E-state index contributed by atoms with van der Waals surface area (Å²) in [5, 5.41) is 3.02. The fraction of sp³-hybridized carbons (Fsp3) is 0.0455. The molecular formula is C22H17ClN2O4. The number of hydrogen-bond acceptors (Lipinski definition) is 4. The zero-order valence-electron chi connectivity index (χ0n) is 15.2. The monoisotopic (exact) mass is 408 g/mol. The van der Waals surface area contributed by atoms with E-state index >= 15 is 0 Å². The first-order valence-corrected chi connectivity index (χ1v) is 9.04. The number of anilines is 1. The van der Waals surface area contributed by atoms with E-state index in [0.29, 0.717) is 16.3 Å². The first-order valence-electron chi connectivity index (χ1n) is 8.66. The lowest BCUT2D eigenvalue weighted by Gasteiger charge is -2.13. The third kappa shape index (κ3) is 5.00. The number of nitrogens with one attached hydrogen (secondary N) is 1. The van der Waals surface area contributed by atoms with E-state index in [0.717, 1.165) is 0 Å². The number of carbonyl (C=O) groups is 3. The van der Waals surface area contributed by atoms with Gasteiger partial charge in [-0.15, -0.1) is 0 Å². The van der Waals surface area contributed by atoms with Gasteiger partial charge in [0.1, 0.15) is 5.75 Å². The van der Waals surface area contributed by atoms with Crippen LogP contribution in [0.1, 0.15) is 26.3 Å². The van der Waals surface area contributed by atoms with Crippen LogP contribution in [0.5, 0.6) is 5.75 Å². The molecule has 3 N–H and O–H groups in total. The van der Waals surface area contributed by atoms with Gasteiger partial charge >= 0.3 is 0 Å². The molecule has 0 saturated heterocycles. The van der Waals surface area contributed by atoms with E-state index in [-0.39, 0.29) is 29.3 Å². The van der Waals surface area contributed by atoms with Gasteiger partial charge in [-0.05, 0) is 30.3 Å². The van der Waals surface area contributed by atoms with Crippen molar-refractivity contribution in [1.82, 2.24) is 0 Å². The van der Waals surface area contributed by atoms with Crippen LogP contribution in [-0.2, 0) is 4.79 Å². The summed E-state index contributed by atoms with van der Waals surface area (Å²) in [6.45, 7) is -0.369. The molecule has 0 unspecified atom stereocenters. The number of ether oxygens (including phenoxy) is 1. The molecule has 29 heavy (non-hydrogen) atoms. The van der Waals surface area contributed by atoms with Crippen LogP contribution in [0.3, 0.4) is 0 Å². The zero-order chi connectivity index (χ0) is 20.8. The molecule has 0 saturated carbocycles. The predicted octanol–water partition coefficient (Wildman–Crippen LogP) is 3.69. The van der Waals surface area contributed by atoms with Crippen molar-refractivity contribution in [2.45, 2.75) is 0 Å². The van der Waals surface area contributed by atoms with Gasteiger partial charge in [0.05, 0.1) is 11.3 Å². The minimum atomic E-state index is -0.658. The average molecular weight is 409 g/mol. The number of rotatable bonds is 7. The van der Waals surface area contributed by atoms with Crippen LogP contribution in [0.25, 0.3) is 0 Å². The highest BCUT2D eigenvalue weighted by atomic mass is 35.5. The second-order valence-corrected chi connectivity index (χ2v) is 6.52. The summed E-state index contributed by atoms with van der Waals surface area (Å²) in [6, 6.07) is 19.6. The Kier molecular flexibility index (Phi) is 6.26. The summed E-state index contributed by atoms with van der Waals surface area (Å²) < 4.78 is 5.42. The average Bonchev–Trinajstić information content (AvgIpc) is 2.73. The summed E-state index contributed by atoms with van der Waals surface area (Å²) in [5.41, 5.74) is 6.50. The largest absolute Gasteiger partial charge is 0.483 e. The van der Waals surface area contributed by atoms with E-state index in [9.17, 15) is 14.4 Å². The topological polar surface area (TPSA) is 98.5 Å². The van der Waals surface area contributed by atoms with Gasteiger partial charge in [0, 0.05) is 16.1 Å². The highest BCUT2D eigenvalue weighted by molar-refractivity contribution is 6.31. The summed E-state index contributed by atoms with van der Waals surface area (Å²) in [4.78, 5) is 36.6. The van der Waals surface area contributed by atoms with Gasteiger partial charge in [-0.2, -0.15) is 0 Å². The molecule has 0 aromatic heterocycles. The van der Waals surface area contributed by atoms with E-state index in [1.165, 1.54) is 12.1 Å². The second-order valence-electron chi connectivity index (χ2n) is 6.08. The molecule has 0 radical (unpaired) electrons. The van der Waals surface area contributed by atoms with Gasteiger partial charge in [-0.3, -0.25) is 14.4 Å². The van der Waals surface area contributed by atoms with Crippen LogP contribution in [0.2, 0.25) is 5.02 Å². The third-order valence-corrected chi connectivity index (χ3v) is 4.28. The molecule has 2 amide bonds. The second kappa shape index (κ2) is 9.03. The molecule has 0 aliphatic rings. The Morgan fingerprint density at radius 1 is 0.897 bits per heavy atom. The maximum absolute atomic E-state index is 12.8. The SMILES string of the molecule is NC(=O)c1ccccc1OCC(=O)Nc1ccc(Cl)cc1C(=O)c1ccccc1. The van der Waals surface area contributed by atoms with Crippen LogP contribution < -0.4 is 15.8 Å². The quantitative estimate of drug-likeness (QED) is 0.582. The molecule has 3 aromatic carbocycles. The summed E-state index contributed by atoms with van der Waals surface area (Å²) in [6.07, 6.45) is 0. The summed E-state index contributed by atoms with van der Waals surface area (Å²) >= 11 is 6.04. The van der Waals surface area contributed by atoms with Crippen molar-refractivity contribution in [2.24, 2.45) is 5.73 Å². The minimum absolute atomic E-state index is 0.173. The van der Waals surface area contributed by atoms with Crippen LogP contribution in [0.15, 0.2) is 72.8 Å². The molecule has 6 nitrogen and oxygen atoms in total. The van der Waals surface area contributed by atoms with Crippen molar-refractivity contribution in [2.75, 3.05) is 11.9 Å². The number of benzene rings is 3. The van der Waals surface area contributed by atoms with Crippen LogP contribution in [0.4, 0.5) is 5.69 Å². The number of carbonyl (C=O) groups excluding carboxylic acids is 3. The van der Waals surface area contributed by atoms with Crippen LogP contribution in [0, 0.1) is 0 Å². The van der Waals surface area contributed by atoms with Gasteiger partial charge in [0.25, 0.3) is 11.8 Å². The predicted molar refractivity (Wildman–Crippen MR) is 110 cm³/mol. The Hall–Kier alpha value is -3.64. The Morgan fingerprint density at radius 3 is 2.31 bits per heavy atom. The number of halogens is 1. The van der Waals surface area contributed by atoms with E-state index in [1.54, 1.807) is 60.7 Å². The highest BCUT2D eigenvalue weighted by Crippen LogP contribution is 2.24. The lowest BCUT2D eigenvalue weighted by atomic mass is 10.0. The summed E-state index contributed by atoms with van der Waals surface area (Å²) in [5.74, 6) is -1.24. The van der Waals surface area contributed by atoms with E-state index in [2.05, 4.69) is 5.32 Å². The van der Waals surface area contributed by atoms with Crippen LogP contribution in [-0.4, -0.2) is 24.2 Å². The van der Waals surface area contributed by atoms with E-state index < -0.39 is 11.8 Å². The fourth-order valence-corrected chi connectivity index (χ4v) is 2.86. The van der Waals surface area contributed by atoms with Gasteiger partial charge < -0.3 is 15.8 Å². The van der Waals surface area contributed by atoms with Crippen LogP contribution >= 0.6 is 11.6 Å². The molecule has 146 valence electrons. The summed E-state index contributed by atoms with van der Waals surface area (Å²) in [7, 11) is 0. The van der Waals surface area contributed by atoms with Crippen molar-refractivity contribution in [1.29, 1.82) is 0 Å². The van der Waals surface area contributed by atoms with Crippen molar-refractivity contribution in [3.05, 3.63) is 94.5 Å². The fourth-order valence-electron chi connectivity index (χ4n) is 2.68. The minimum Gasteiger partial charge on any atom is -0.483 e. The number of nitrogens with two attached hydrogens (primary N) is 1. The van der Waals surface area contributed by atoms with Gasteiger partial charge in [-0.25, -0.2) is 0 Å². The Labute approximate surface area is 172 Å². The first kappa shape index (κ1) is 20.1. The lowest BCUT2D eigenvalue weighted by Crippen LogP contribution is -2.23. The van der Waals surface area contributed by atoms with E-state index in [4.69, 9.17) is 22.1 Å². The smallest absolute Gasteiger partial charge is 0.262 e. The number of para-hydroxylation sites is 1. The highest BCUT2D eigenvalue weighted by Gasteiger charge is 2.17. The Morgan fingerprint density at radius 2 is 1.59 bits per heavy atom. The number of ketones is 1. The standard InChI is InChI=1S/C22H17ClN2O4/c23-15-10-11-18(17(12-15)21(27)14-6-2-1-3-7-14)25-20(26)13-29-19-9-5-4-8-16(19)22(24)28/h1-12H,13H2,(H2,24,28)(H,25,26). The molecule has 3 rings (SSSR count). The molecule has 0 atom stereocenters. The first-order chi connectivity index (χ1) is 14.0. The molecular weight excluding hydrogens is 392 g/mol. The molecule has 0 aliphatic carbocycles. The Balaban J connectivity index is 1.76. The van der Waals surface area contributed by atoms with Gasteiger partial charge in [0.15, 0.2) is 12.4 Å². The maximum atomic E-state index is 12.8. The normalized spacial score (nSPS) is 10.2. The maximum Gasteiger partial charge on any atom is 0.262 e. The van der Waals surface area contributed by atoms with Crippen molar-refractivity contribution < 1.29 is 19.1 Å². The number of hydrogen-bond donors (Lipinski definition) is 2. The molecule has 0 heterocycles. The van der Waals surface area contributed by atoms with Crippen molar-refractivity contribution in [3.8, 4) is 5.75 Å². The third-order valence-electron chi connectivity index (χ3n) is 4.05. The van der Waals surface area contributed by atoms with Gasteiger partial charge in [0.2, 0.25) is 0 Å². The van der Waals surface area contributed by atoms with E-state index in [1.807, 2.05) is 0 Å². The Bertz CT molecular complexity index is 1070. The molecule has 0 spiro atoms. The number of primary amides is 1.